The molecule has 5 rings (SSSR count). The lowest BCUT2D eigenvalue weighted by Gasteiger charge is -2.29. The molecule has 0 radical (unpaired) electrons. The number of fused-ring (bicyclic) bond motifs is 1. The van der Waals surface area contributed by atoms with Gasteiger partial charge in [-0.3, -0.25) is 9.36 Å². The summed E-state index contributed by atoms with van der Waals surface area (Å²) in [7, 11) is 2.14. The Morgan fingerprint density at radius 1 is 1.23 bits per heavy atom. The van der Waals surface area contributed by atoms with Crippen LogP contribution in [0.15, 0.2) is 54.9 Å². The Morgan fingerprint density at radius 2 is 2.00 bits per heavy atom. The van der Waals surface area contributed by atoms with Crippen LogP contribution in [0.4, 0.5) is 0 Å². The number of thiophene rings is 1. The molecule has 1 atom stereocenters. The molecule has 4 aromatic rings. The van der Waals surface area contributed by atoms with Crippen LogP contribution in [-0.2, 0) is 6.42 Å². The maximum atomic E-state index is 12.3. The van der Waals surface area contributed by atoms with Gasteiger partial charge in [-0.15, -0.1) is 11.3 Å². The van der Waals surface area contributed by atoms with E-state index >= 15 is 0 Å². The zero-order valence-corrected chi connectivity index (χ0v) is 21.5. The van der Waals surface area contributed by atoms with Crippen molar-refractivity contribution in [2.24, 2.45) is 5.73 Å². The molecule has 182 valence electrons. The number of ether oxygens (including phenoxy) is 1. The minimum atomic E-state index is -0.418. The Morgan fingerprint density at radius 3 is 2.74 bits per heavy atom. The van der Waals surface area contributed by atoms with Crippen molar-refractivity contribution in [2.45, 2.75) is 38.2 Å². The quantitative estimate of drug-likeness (QED) is 0.349. The number of carbonyl (C=O) groups is 1. The number of likely N-dealkylation sites (tertiary alicyclic amines) is 1. The van der Waals surface area contributed by atoms with Crippen LogP contribution in [0.3, 0.4) is 0 Å². The summed E-state index contributed by atoms with van der Waals surface area (Å²) in [5.41, 5.74) is 9.57. The van der Waals surface area contributed by atoms with Crippen molar-refractivity contribution < 1.29 is 9.53 Å². The molecule has 2 N–H and O–H groups in total. The van der Waals surface area contributed by atoms with E-state index in [4.69, 9.17) is 22.1 Å². The van der Waals surface area contributed by atoms with Gasteiger partial charge in [0.15, 0.2) is 0 Å². The summed E-state index contributed by atoms with van der Waals surface area (Å²) in [5, 5.41) is 1.63. The van der Waals surface area contributed by atoms with Crippen molar-refractivity contribution in [2.75, 3.05) is 20.1 Å². The van der Waals surface area contributed by atoms with E-state index in [0.29, 0.717) is 11.3 Å². The fourth-order valence-corrected chi connectivity index (χ4v) is 6.09. The third kappa shape index (κ3) is 5.08. The number of halogens is 1. The second-order valence-corrected chi connectivity index (χ2v) is 10.8. The Balaban J connectivity index is 1.44. The summed E-state index contributed by atoms with van der Waals surface area (Å²) < 4.78 is 8.31. The van der Waals surface area contributed by atoms with Gasteiger partial charge in [-0.2, -0.15) is 0 Å². The van der Waals surface area contributed by atoms with E-state index in [0.717, 1.165) is 63.9 Å². The van der Waals surface area contributed by atoms with Gasteiger partial charge in [0.2, 0.25) is 0 Å². The van der Waals surface area contributed by atoms with Crippen molar-refractivity contribution in [1.29, 1.82) is 0 Å². The molecular formula is C27H29ClN4O2S. The first-order valence-corrected chi connectivity index (χ1v) is 13.1. The Kier molecular flexibility index (Phi) is 6.82. The van der Waals surface area contributed by atoms with Gasteiger partial charge in [0.25, 0.3) is 5.91 Å². The lowest BCUT2D eigenvalue weighted by molar-refractivity contribution is 0.100. The highest BCUT2D eigenvalue weighted by Crippen LogP contribution is 2.34. The van der Waals surface area contributed by atoms with Crippen LogP contribution in [0, 0.1) is 0 Å². The summed E-state index contributed by atoms with van der Waals surface area (Å²) in [6.45, 7) is 4.21. The van der Waals surface area contributed by atoms with E-state index in [1.165, 1.54) is 11.3 Å². The monoisotopic (exact) mass is 508 g/mol. The van der Waals surface area contributed by atoms with Crippen LogP contribution < -0.4 is 10.5 Å². The highest BCUT2D eigenvalue weighted by atomic mass is 35.5. The lowest BCUT2D eigenvalue weighted by Crippen LogP contribution is -2.35. The highest BCUT2D eigenvalue weighted by molar-refractivity contribution is 7.16. The normalized spacial score (nSPS) is 16.0. The van der Waals surface area contributed by atoms with E-state index in [2.05, 4.69) is 23.9 Å². The Bertz CT molecular complexity index is 1360. The van der Waals surface area contributed by atoms with E-state index in [1.807, 2.05) is 53.1 Å². The van der Waals surface area contributed by atoms with Crippen molar-refractivity contribution in [3.05, 3.63) is 75.9 Å². The number of hydrogen-bond donors (Lipinski definition) is 1. The first-order chi connectivity index (χ1) is 16.9. The average Bonchev–Trinajstić information content (AvgIpc) is 3.44. The van der Waals surface area contributed by atoms with E-state index < -0.39 is 5.91 Å². The van der Waals surface area contributed by atoms with Gasteiger partial charge in [-0.05, 0) is 67.6 Å². The van der Waals surface area contributed by atoms with Gasteiger partial charge < -0.3 is 15.4 Å². The fourth-order valence-electron chi connectivity index (χ4n) is 4.74. The van der Waals surface area contributed by atoms with Gasteiger partial charge in [-0.25, -0.2) is 4.98 Å². The number of nitrogens with two attached hydrogens (primary N) is 1. The van der Waals surface area contributed by atoms with E-state index in [1.54, 1.807) is 6.33 Å². The van der Waals surface area contributed by atoms with Crippen LogP contribution in [0.2, 0.25) is 5.02 Å². The van der Waals surface area contributed by atoms with Crippen molar-refractivity contribution in [1.82, 2.24) is 14.5 Å². The summed E-state index contributed by atoms with van der Waals surface area (Å²) in [6, 6.07) is 15.9. The van der Waals surface area contributed by atoms with Gasteiger partial charge in [0.1, 0.15) is 23.2 Å². The van der Waals surface area contributed by atoms with Gasteiger partial charge in [0, 0.05) is 24.2 Å². The van der Waals surface area contributed by atoms with Crippen molar-refractivity contribution in [3.8, 4) is 10.8 Å². The highest BCUT2D eigenvalue weighted by Gasteiger charge is 2.21. The minimum Gasteiger partial charge on any atom is -0.490 e. The number of hydrogen-bond acceptors (Lipinski definition) is 5. The maximum absolute atomic E-state index is 12.3. The molecule has 35 heavy (non-hydrogen) atoms. The first-order valence-electron chi connectivity index (χ1n) is 11.9. The molecule has 8 heteroatoms. The van der Waals surface area contributed by atoms with Crippen LogP contribution >= 0.6 is 22.9 Å². The molecule has 2 aromatic carbocycles. The molecule has 1 amide bonds. The number of amides is 1. The molecule has 3 heterocycles. The number of carbonyl (C=O) groups excluding carboxylic acids is 1. The molecule has 0 saturated carbocycles. The summed E-state index contributed by atoms with van der Waals surface area (Å²) in [4.78, 5) is 19.8. The predicted molar refractivity (Wildman–Crippen MR) is 142 cm³/mol. The SMILES string of the molecule is CC(Cc1cc(-n2cnc3ccc(OC4CCN(C)CC4)cc32)sc1C(N)=O)c1ccccc1Cl. The van der Waals surface area contributed by atoms with Crippen LogP contribution in [0.25, 0.3) is 16.0 Å². The first kappa shape index (κ1) is 23.9. The van der Waals surface area contributed by atoms with Crippen molar-refractivity contribution in [3.63, 3.8) is 0 Å². The molecule has 0 spiro atoms. The molecule has 1 aliphatic heterocycles. The minimum absolute atomic E-state index is 0.137. The fraction of sp³-hybridized carbons (Fsp3) is 0.333. The number of primary amides is 1. The number of benzene rings is 2. The third-order valence-electron chi connectivity index (χ3n) is 6.71. The molecule has 2 aromatic heterocycles. The van der Waals surface area contributed by atoms with Gasteiger partial charge >= 0.3 is 0 Å². The zero-order valence-electron chi connectivity index (χ0n) is 19.9. The third-order valence-corrected chi connectivity index (χ3v) is 8.24. The summed E-state index contributed by atoms with van der Waals surface area (Å²) in [6.07, 6.45) is 4.72. The lowest BCUT2D eigenvalue weighted by atomic mass is 9.94. The molecule has 1 fully saturated rings. The maximum Gasteiger partial charge on any atom is 0.259 e. The topological polar surface area (TPSA) is 73.4 Å². The van der Waals surface area contributed by atoms with Crippen LogP contribution in [-0.4, -0.2) is 46.6 Å². The molecule has 1 aliphatic rings. The second kappa shape index (κ2) is 10.0. The van der Waals surface area contributed by atoms with Crippen LogP contribution in [0.5, 0.6) is 5.75 Å². The molecule has 0 bridgehead atoms. The second-order valence-electron chi connectivity index (χ2n) is 9.32. The average molecular weight is 509 g/mol. The van der Waals surface area contributed by atoms with Crippen molar-refractivity contribution >= 4 is 39.9 Å². The number of imidazole rings is 1. The van der Waals surface area contributed by atoms with Crippen LogP contribution in [0.1, 0.15) is 46.5 Å². The smallest absolute Gasteiger partial charge is 0.259 e. The molecule has 1 unspecified atom stereocenters. The summed E-state index contributed by atoms with van der Waals surface area (Å²) in [5.74, 6) is 0.560. The predicted octanol–water partition coefficient (Wildman–Crippen LogP) is 5.66. The Hall–Kier alpha value is -2.87. The molecule has 6 nitrogen and oxygen atoms in total. The molecular weight excluding hydrogens is 480 g/mol. The number of nitrogens with zero attached hydrogens (tertiary/aromatic N) is 3. The number of rotatable bonds is 7. The standard InChI is InChI=1S/C27H29ClN4O2S/c1-17(21-5-3-4-6-22(21)28)13-18-14-25(35-26(18)27(29)33)32-16-30-23-8-7-20(15-24(23)32)34-19-9-11-31(2)12-10-19/h3-8,14-17,19H,9-13H2,1-2H3,(H2,29,33). The Labute approximate surface area is 214 Å². The number of piperidine rings is 1. The summed E-state index contributed by atoms with van der Waals surface area (Å²) >= 11 is 7.81. The van der Waals surface area contributed by atoms with E-state index in [9.17, 15) is 4.79 Å². The van der Waals surface area contributed by atoms with E-state index in [-0.39, 0.29) is 12.0 Å². The largest absolute Gasteiger partial charge is 0.490 e. The van der Waals surface area contributed by atoms with Gasteiger partial charge in [-0.1, -0.05) is 36.7 Å². The molecule has 0 aliphatic carbocycles. The number of aromatic nitrogens is 2. The zero-order chi connectivity index (χ0) is 24.5. The van der Waals surface area contributed by atoms with Gasteiger partial charge in [0.05, 0.1) is 15.9 Å². The molecule has 1 saturated heterocycles.